The summed E-state index contributed by atoms with van der Waals surface area (Å²) in [5, 5.41) is 2.57. The van der Waals surface area contributed by atoms with E-state index in [1.54, 1.807) is 17.0 Å². The van der Waals surface area contributed by atoms with Gasteiger partial charge in [0.15, 0.2) is 0 Å². The van der Waals surface area contributed by atoms with Crippen molar-refractivity contribution in [1.29, 1.82) is 0 Å². The number of urea groups is 1. The Morgan fingerprint density at radius 1 is 1.37 bits per heavy atom. The van der Waals surface area contributed by atoms with Crippen molar-refractivity contribution in [2.24, 2.45) is 11.7 Å². The third-order valence-electron chi connectivity index (χ3n) is 3.30. The van der Waals surface area contributed by atoms with Crippen LogP contribution in [-0.2, 0) is 0 Å². The molecule has 2 amide bonds. The minimum atomic E-state index is -0.436. The molecular weight excluding hydrogens is 265 g/mol. The number of anilines is 1. The number of nitrogens with zero attached hydrogens (tertiary/aromatic N) is 1. The van der Waals surface area contributed by atoms with Gasteiger partial charge in [-0.3, -0.25) is 0 Å². The van der Waals surface area contributed by atoms with E-state index >= 15 is 0 Å². The van der Waals surface area contributed by atoms with Crippen LogP contribution in [0.25, 0.3) is 0 Å². The van der Waals surface area contributed by atoms with E-state index in [4.69, 9.17) is 18.0 Å². The second kappa shape index (κ2) is 5.97. The summed E-state index contributed by atoms with van der Waals surface area (Å²) in [5.41, 5.74) is 5.79. The number of benzene rings is 1. The lowest BCUT2D eigenvalue weighted by atomic mass is 9.97. The molecule has 0 atom stereocenters. The van der Waals surface area contributed by atoms with Crippen molar-refractivity contribution in [1.82, 2.24) is 4.90 Å². The van der Waals surface area contributed by atoms with E-state index in [9.17, 15) is 9.18 Å². The first-order valence-corrected chi connectivity index (χ1v) is 6.58. The molecule has 1 fully saturated rings. The maximum atomic E-state index is 13.4. The quantitative estimate of drug-likeness (QED) is 0.818. The van der Waals surface area contributed by atoms with Crippen LogP contribution in [0.3, 0.4) is 0 Å². The molecule has 6 heteroatoms. The smallest absolute Gasteiger partial charge is 0.321 e. The zero-order valence-corrected chi connectivity index (χ0v) is 11.3. The Hall–Kier alpha value is -1.69. The molecule has 0 unspecified atom stereocenters. The summed E-state index contributed by atoms with van der Waals surface area (Å²) in [6.45, 7) is 1.17. The standard InChI is InChI=1S/C13H16FN3OS/c14-10-3-1-2-4-11(10)16-13(18)17-7-5-9(6-8-17)12(15)19/h1-4,9H,5-8H2,(H2,15,19)(H,16,18). The first-order chi connectivity index (χ1) is 9.08. The van der Waals surface area contributed by atoms with Crippen molar-refractivity contribution in [3.8, 4) is 0 Å². The van der Waals surface area contributed by atoms with Gasteiger partial charge in [-0.2, -0.15) is 0 Å². The average Bonchev–Trinajstić information content (AvgIpc) is 2.41. The van der Waals surface area contributed by atoms with Gasteiger partial charge in [0.2, 0.25) is 0 Å². The van der Waals surface area contributed by atoms with E-state index < -0.39 is 5.82 Å². The van der Waals surface area contributed by atoms with E-state index in [1.165, 1.54) is 12.1 Å². The second-order valence-electron chi connectivity index (χ2n) is 4.57. The summed E-state index contributed by atoms with van der Waals surface area (Å²) in [7, 11) is 0. The van der Waals surface area contributed by atoms with Crippen molar-refractivity contribution >= 4 is 28.9 Å². The maximum absolute atomic E-state index is 13.4. The van der Waals surface area contributed by atoms with Crippen LogP contribution in [0.1, 0.15) is 12.8 Å². The van der Waals surface area contributed by atoms with Crippen LogP contribution < -0.4 is 11.1 Å². The first-order valence-electron chi connectivity index (χ1n) is 6.17. The molecule has 1 aliphatic rings. The first kappa shape index (κ1) is 13.7. The van der Waals surface area contributed by atoms with Crippen LogP contribution in [0.15, 0.2) is 24.3 Å². The summed E-state index contributed by atoms with van der Waals surface area (Å²) in [5.74, 6) is -0.235. The number of hydrogen-bond acceptors (Lipinski definition) is 2. The number of amides is 2. The molecule has 4 nitrogen and oxygen atoms in total. The average molecular weight is 281 g/mol. The van der Waals surface area contributed by atoms with Crippen LogP contribution in [0.5, 0.6) is 0 Å². The fourth-order valence-corrected chi connectivity index (χ4v) is 2.36. The molecule has 0 aromatic heterocycles. The number of carbonyl (C=O) groups is 1. The van der Waals surface area contributed by atoms with Gasteiger partial charge in [-0.05, 0) is 25.0 Å². The molecule has 0 radical (unpaired) electrons. The van der Waals surface area contributed by atoms with Crippen molar-refractivity contribution in [3.63, 3.8) is 0 Å². The lowest BCUT2D eigenvalue weighted by molar-refractivity contribution is 0.193. The van der Waals surface area contributed by atoms with E-state index in [2.05, 4.69) is 5.32 Å². The van der Waals surface area contributed by atoms with E-state index in [0.717, 1.165) is 12.8 Å². The van der Waals surface area contributed by atoms with Gasteiger partial charge >= 0.3 is 6.03 Å². The van der Waals surface area contributed by atoms with Crippen molar-refractivity contribution in [2.75, 3.05) is 18.4 Å². The fraction of sp³-hybridized carbons (Fsp3) is 0.385. The number of para-hydroxylation sites is 1. The number of nitrogens with one attached hydrogen (secondary N) is 1. The number of piperidine rings is 1. The molecule has 0 saturated carbocycles. The molecule has 0 bridgehead atoms. The predicted molar refractivity (Wildman–Crippen MR) is 76.5 cm³/mol. The van der Waals surface area contributed by atoms with Gasteiger partial charge in [-0.25, -0.2) is 9.18 Å². The summed E-state index contributed by atoms with van der Waals surface area (Å²) >= 11 is 4.95. The molecule has 1 saturated heterocycles. The van der Waals surface area contributed by atoms with Crippen LogP contribution in [0.4, 0.5) is 14.9 Å². The highest BCUT2D eigenvalue weighted by atomic mass is 32.1. The Kier molecular flexibility index (Phi) is 4.31. The number of nitrogens with two attached hydrogens (primary N) is 1. The van der Waals surface area contributed by atoms with Crippen LogP contribution in [0.2, 0.25) is 0 Å². The molecule has 2 rings (SSSR count). The zero-order chi connectivity index (χ0) is 13.8. The van der Waals surface area contributed by atoms with Crippen LogP contribution in [-0.4, -0.2) is 29.0 Å². The highest BCUT2D eigenvalue weighted by Crippen LogP contribution is 2.19. The predicted octanol–water partition coefficient (Wildman–Crippen LogP) is 2.36. The molecule has 0 spiro atoms. The van der Waals surface area contributed by atoms with Crippen LogP contribution in [0, 0.1) is 11.7 Å². The van der Waals surface area contributed by atoms with Crippen molar-refractivity contribution in [3.05, 3.63) is 30.1 Å². The molecular formula is C13H16FN3OS. The third kappa shape index (κ3) is 3.41. The fourth-order valence-electron chi connectivity index (χ4n) is 2.12. The molecule has 19 heavy (non-hydrogen) atoms. The summed E-state index contributed by atoms with van der Waals surface area (Å²) in [4.78, 5) is 14.1. The van der Waals surface area contributed by atoms with Gasteiger partial charge in [-0.15, -0.1) is 0 Å². The molecule has 1 aromatic carbocycles. The zero-order valence-electron chi connectivity index (χ0n) is 10.4. The van der Waals surface area contributed by atoms with E-state index in [-0.39, 0.29) is 17.6 Å². The number of halogens is 1. The largest absolute Gasteiger partial charge is 0.393 e. The lowest BCUT2D eigenvalue weighted by Gasteiger charge is -2.31. The Labute approximate surface area is 116 Å². The van der Waals surface area contributed by atoms with Gasteiger partial charge in [0, 0.05) is 19.0 Å². The van der Waals surface area contributed by atoms with Crippen LogP contribution >= 0.6 is 12.2 Å². The number of rotatable bonds is 2. The number of carbonyl (C=O) groups excluding carboxylic acids is 1. The van der Waals surface area contributed by atoms with Gasteiger partial charge in [0.25, 0.3) is 0 Å². The summed E-state index contributed by atoms with van der Waals surface area (Å²) < 4.78 is 13.4. The van der Waals surface area contributed by atoms with Gasteiger partial charge in [0.1, 0.15) is 5.82 Å². The molecule has 1 aromatic rings. The van der Waals surface area contributed by atoms with Crippen molar-refractivity contribution < 1.29 is 9.18 Å². The Morgan fingerprint density at radius 2 is 2.00 bits per heavy atom. The Morgan fingerprint density at radius 3 is 2.58 bits per heavy atom. The summed E-state index contributed by atoms with van der Waals surface area (Å²) in [6.07, 6.45) is 1.53. The monoisotopic (exact) mass is 281 g/mol. The number of likely N-dealkylation sites (tertiary alicyclic amines) is 1. The van der Waals surface area contributed by atoms with E-state index in [1.807, 2.05) is 0 Å². The highest BCUT2D eigenvalue weighted by molar-refractivity contribution is 7.80. The number of hydrogen-bond donors (Lipinski definition) is 2. The Bertz CT molecular complexity index is 487. The van der Waals surface area contributed by atoms with Gasteiger partial charge < -0.3 is 16.0 Å². The Balaban J connectivity index is 1.92. The molecule has 102 valence electrons. The topological polar surface area (TPSA) is 58.4 Å². The SMILES string of the molecule is NC(=S)C1CCN(C(=O)Nc2ccccc2F)CC1. The highest BCUT2D eigenvalue weighted by Gasteiger charge is 2.24. The molecule has 3 N–H and O–H groups in total. The number of thiocarbonyl (C=S) groups is 1. The second-order valence-corrected chi connectivity index (χ2v) is 5.05. The minimum absolute atomic E-state index is 0.198. The molecule has 1 aliphatic heterocycles. The normalized spacial score (nSPS) is 16.2. The molecule has 1 heterocycles. The van der Waals surface area contributed by atoms with Gasteiger partial charge in [-0.1, -0.05) is 24.4 Å². The lowest BCUT2D eigenvalue weighted by Crippen LogP contribution is -2.43. The maximum Gasteiger partial charge on any atom is 0.321 e. The van der Waals surface area contributed by atoms with E-state index in [0.29, 0.717) is 18.1 Å². The summed E-state index contributed by atoms with van der Waals surface area (Å²) in [6, 6.07) is 5.83. The van der Waals surface area contributed by atoms with Crippen molar-refractivity contribution in [2.45, 2.75) is 12.8 Å². The molecule has 0 aliphatic carbocycles. The third-order valence-corrected chi connectivity index (χ3v) is 3.63. The minimum Gasteiger partial charge on any atom is -0.393 e. The van der Waals surface area contributed by atoms with Gasteiger partial charge in [0.05, 0.1) is 10.7 Å².